The Balaban J connectivity index is 2.49. The van der Waals surface area contributed by atoms with Crippen LogP contribution in [-0.4, -0.2) is 30.0 Å². The van der Waals surface area contributed by atoms with Gasteiger partial charge in [-0.25, -0.2) is 4.98 Å². The van der Waals surface area contributed by atoms with Crippen LogP contribution in [0.3, 0.4) is 0 Å². The van der Waals surface area contributed by atoms with Crippen LogP contribution in [-0.2, 0) is 6.54 Å². The van der Waals surface area contributed by atoms with E-state index < -0.39 is 0 Å². The van der Waals surface area contributed by atoms with Gasteiger partial charge >= 0.3 is 0 Å². The average Bonchev–Trinajstić information content (AvgIpc) is 2.35. The minimum atomic E-state index is 0.931. The molecule has 0 fully saturated rings. The van der Waals surface area contributed by atoms with E-state index in [1.165, 1.54) is 24.9 Å². The van der Waals surface area contributed by atoms with E-state index in [0.29, 0.717) is 0 Å². The van der Waals surface area contributed by atoms with Crippen molar-refractivity contribution in [2.75, 3.05) is 25.5 Å². The molecule has 1 aromatic rings. The molecule has 0 aliphatic heterocycles. The van der Waals surface area contributed by atoms with E-state index in [4.69, 9.17) is 0 Å². The minimum Gasteiger partial charge on any atom is -0.373 e. The highest BCUT2D eigenvalue weighted by atomic mass is 15.1. The largest absolute Gasteiger partial charge is 0.373 e. The molecular formula is C13H23N3. The maximum Gasteiger partial charge on any atom is 0.125 e. The molecule has 0 atom stereocenters. The van der Waals surface area contributed by atoms with Crippen LogP contribution in [0.25, 0.3) is 0 Å². The predicted molar refractivity (Wildman–Crippen MR) is 69.6 cm³/mol. The molecule has 0 aliphatic carbocycles. The average molecular weight is 221 g/mol. The molecule has 0 radical (unpaired) electrons. The van der Waals surface area contributed by atoms with Gasteiger partial charge in [0.25, 0.3) is 0 Å². The smallest absolute Gasteiger partial charge is 0.125 e. The monoisotopic (exact) mass is 221 g/mol. The highest BCUT2D eigenvalue weighted by molar-refractivity contribution is 5.34. The van der Waals surface area contributed by atoms with E-state index in [1.807, 2.05) is 19.3 Å². The number of unbranched alkanes of at least 4 members (excludes halogenated alkanes) is 1. The maximum absolute atomic E-state index is 4.33. The van der Waals surface area contributed by atoms with Gasteiger partial charge in [-0.05, 0) is 31.1 Å². The van der Waals surface area contributed by atoms with Crippen LogP contribution in [0.15, 0.2) is 18.3 Å². The quantitative estimate of drug-likeness (QED) is 0.767. The molecule has 1 aromatic heterocycles. The SMILES string of the molecule is CCCCN(CC)Cc1ccc(NC)nc1. The fourth-order valence-electron chi connectivity index (χ4n) is 1.65. The minimum absolute atomic E-state index is 0.931. The first-order chi connectivity index (χ1) is 7.80. The number of anilines is 1. The normalized spacial score (nSPS) is 10.8. The molecule has 3 nitrogen and oxygen atoms in total. The summed E-state index contributed by atoms with van der Waals surface area (Å²) in [7, 11) is 1.89. The highest BCUT2D eigenvalue weighted by Gasteiger charge is 2.03. The Morgan fingerprint density at radius 2 is 2.12 bits per heavy atom. The lowest BCUT2D eigenvalue weighted by atomic mass is 10.2. The van der Waals surface area contributed by atoms with E-state index >= 15 is 0 Å². The van der Waals surface area contributed by atoms with E-state index in [1.54, 1.807) is 0 Å². The molecule has 0 saturated carbocycles. The van der Waals surface area contributed by atoms with Gasteiger partial charge in [-0.3, -0.25) is 4.90 Å². The summed E-state index contributed by atoms with van der Waals surface area (Å²) in [6, 6.07) is 4.18. The second-order valence-electron chi connectivity index (χ2n) is 4.02. The molecule has 3 heteroatoms. The summed E-state index contributed by atoms with van der Waals surface area (Å²) in [5.41, 5.74) is 1.29. The van der Waals surface area contributed by atoms with E-state index in [-0.39, 0.29) is 0 Å². The number of hydrogen-bond donors (Lipinski definition) is 1. The molecule has 0 aliphatic rings. The van der Waals surface area contributed by atoms with Gasteiger partial charge in [-0.1, -0.05) is 26.3 Å². The number of nitrogens with one attached hydrogen (secondary N) is 1. The zero-order valence-corrected chi connectivity index (χ0v) is 10.7. The first kappa shape index (κ1) is 13.0. The summed E-state index contributed by atoms with van der Waals surface area (Å²) in [5, 5.41) is 3.03. The topological polar surface area (TPSA) is 28.2 Å². The molecule has 90 valence electrons. The molecule has 0 bridgehead atoms. The molecule has 16 heavy (non-hydrogen) atoms. The fourth-order valence-corrected chi connectivity index (χ4v) is 1.65. The number of rotatable bonds is 7. The summed E-state index contributed by atoms with van der Waals surface area (Å²) in [4.78, 5) is 6.78. The van der Waals surface area contributed by atoms with Crippen molar-refractivity contribution < 1.29 is 0 Å². The van der Waals surface area contributed by atoms with Crippen LogP contribution < -0.4 is 5.32 Å². The number of pyridine rings is 1. The first-order valence-corrected chi connectivity index (χ1v) is 6.15. The second kappa shape index (κ2) is 7.23. The Bertz CT molecular complexity index is 282. The predicted octanol–water partition coefficient (Wildman–Crippen LogP) is 2.75. The standard InChI is InChI=1S/C13H23N3/c1-4-6-9-16(5-2)11-12-7-8-13(14-3)15-10-12/h7-8,10H,4-6,9,11H2,1-3H3,(H,14,15). The van der Waals surface area contributed by atoms with Crippen molar-refractivity contribution in [3.05, 3.63) is 23.9 Å². The molecular weight excluding hydrogens is 198 g/mol. The van der Waals surface area contributed by atoms with Crippen molar-refractivity contribution in [3.63, 3.8) is 0 Å². The van der Waals surface area contributed by atoms with Crippen LogP contribution >= 0.6 is 0 Å². The summed E-state index contributed by atoms with van der Waals surface area (Å²) in [6.07, 6.45) is 4.49. The third kappa shape index (κ3) is 4.19. The van der Waals surface area contributed by atoms with Crippen LogP contribution in [0.5, 0.6) is 0 Å². The molecule has 1 N–H and O–H groups in total. The van der Waals surface area contributed by atoms with E-state index in [9.17, 15) is 0 Å². The van der Waals surface area contributed by atoms with E-state index in [2.05, 4.69) is 35.1 Å². The van der Waals surface area contributed by atoms with Gasteiger partial charge in [0.2, 0.25) is 0 Å². The molecule has 1 heterocycles. The lowest BCUT2D eigenvalue weighted by Crippen LogP contribution is -2.23. The maximum atomic E-state index is 4.33. The van der Waals surface area contributed by atoms with Gasteiger partial charge in [0.05, 0.1) is 0 Å². The Hall–Kier alpha value is -1.09. The first-order valence-electron chi connectivity index (χ1n) is 6.15. The van der Waals surface area contributed by atoms with E-state index in [0.717, 1.165) is 18.9 Å². The number of nitrogens with zero attached hydrogens (tertiary/aromatic N) is 2. The number of aromatic nitrogens is 1. The van der Waals surface area contributed by atoms with Gasteiger partial charge in [0.15, 0.2) is 0 Å². The third-order valence-electron chi connectivity index (χ3n) is 2.76. The lowest BCUT2D eigenvalue weighted by molar-refractivity contribution is 0.275. The van der Waals surface area contributed by atoms with Crippen LogP contribution in [0, 0.1) is 0 Å². The van der Waals surface area contributed by atoms with Gasteiger partial charge in [0, 0.05) is 19.8 Å². The summed E-state index contributed by atoms with van der Waals surface area (Å²) in [6.45, 7) is 7.74. The third-order valence-corrected chi connectivity index (χ3v) is 2.76. The molecule has 0 unspecified atom stereocenters. The highest BCUT2D eigenvalue weighted by Crippen LogP contribution is 2.08. The second-order valence-corrected chi connectivity index (χ2v) is 4.02. The van der Waals surface area contributed by atoms with Crippen LogP contribution in [0.2, 0.25) is 0 Å². The molecule has 0 aromatic carbocycles. The van der Waals surface area contributed by atoms with Gasteiger partial charge in [-0.15, -0.1) is 0 Å². The summed E-state index contributed by atoms with van der Waals surface area (Å²) in [5.74, 6) is 0.931. The van der Waals surface area contributed by atoms with Crippen LogP contribution in [0.4, 0.5) is 5.82 Å². The van der Waals surface area contributed by atoms with Crippen molar-refractivity contribution in [2.45, 2.75) is 33.2 Å². The summed E-state index contributed by atoms with van der Waals surface area (Å²) >= 11 is 0. The van der Waals surface area contributed by atoms with Gasteiger partial charge in [0.1, 0.15) is 5.82 Å². The van der Waals surface area contributed by atoms with Crippen molar-refractivity contribution in [2.24, 2.45) is 0 Å². The van der Waals surface area contributed by atoms with Crippen LogP contribution in [0.1, 0.15) is 32.3 Å². The zero-order valence-electron chi connectivity index (χ0n) is 10.7. The Morgan fingerprint density at radius 3 is 2.62 bits per heavy atom. The van der Waals surface area contributed by atoms with Crippen molar-refractivity contribution in [3.8, 4) is 0 Å². The Morgan fingerprint density at radius 1 is 1.31 bits per heavy atom. The Kier molecular flexibility index (Phi) is 5.86. The Labute approximate surface area is 98.9 Å². The summed E-state index contributed by atoms with van der Waals surface area (Å²) < 4.78 is 0. The van der Waals surface area contributed by atoms with Crippen molar-refractivity contribution in [1.82, 2.24) is 9.88 Å². The van der Waals surface area contributed by atoms with Crippen molar-refractivity contribution in [1.29, 1.82) is 0 Å². The molecule has 0 saturated heterocycles. The van der Waals surface area contributed by atoms with Crippen molar-refractivity contribution >= 4 is 5.82 Å². The number of hydrogen-bond acceptors (Lipinski definition) is 3. The molecule has 0 amide bonds. The molecule has 1 rings (SSSR count). The zero-order chi connectivity index (χ0) is 11.8. The van der Waals surface area contributed by atoms with Gasteiger partial charge < -0.3 is 5.32 Å². The fraction of sp³-hybridized carbons (Fsp3) is 0.615. The molecule has 0 spiro atoms. The van der Waals surface area contributed by atoms with Gasteiger partial charge in [-0.2, -0.15) is 0 Å². The lowest BCUT2D eigenvalue weighted by Gasteiger charge is -2.19.